The standard InChI is InChI=1S/C49H56N2OS2/c1-35-15-17-46-41(27-35)31-48(3,53-46)44(39-19-23-50(24-20-39)33-37-11-7-5-8-12-37)29-43(52)30-45(49(4)32-42-28-36(2)16-18-47(42)54-49)40-21-25-51(26-22-40)34-38-13-9-6-10-14-38/h5-18,27-30,39-40H,19-26,31-34H2,1-4H3. The van der Waals surface area contributed by atoms with E-state index in [1.165, 1.54) is 54.3 Å². The Bertz CT molecular complexity index is 1880. The first kappa shape index (κ1) is 37.6. The van der Waals surface area contributed by atoms with Crippen LogP contribution in [0, 0.1) is 25.7 Å². The van der Waals surface area contributed by atoms with Crippen LogP contribution in [0.5, 0.6) is 0 Å². The van der Waals surface area contributed by atoms with Crippen molar-refractivity contribution in [3.05, 3.63) is 154 Å². The van der Waals surface area contributed by atoms with E-state index in [4.69, 9.17) is 0 Å². The lowest BCUT2D eigenvalue weighted by Crippen LogP contribution is -2.38. The number of aryl methyl sites for hydroxylation is 2. The molecule has 0 radical (unpaired) electrons. The van der Waals surface area contributed by atoms with Crippen molar-refractivity contribution in [1.82, 2.24) is 9.80 Å². The second-order valence-electron chi connectivity index (χ2n) is 16.9. The average Bonchev–Trinajstić information content (AvgIpc) is 3.70. The molecule has 3 nitrogen and oxygen atoms in total. The van der Waals surface area contributed by atoms with Gasteiger partial charge in [0.25, 0.3) is 0 Å². The maximum absolute atomic E-state index is 14.8. The number of benzene rings is 4. The van der Waals surface area contributed by atoms with E-state index < -0.39 is 0 Å². The van der Waals surface area contributed by atoms with Crippen LogP contribution in [0.1, 0.15) is 72.9 Å². The number of carbonyl (C=O) groups is 1. The SMILES string of the molecule is Cc1ccc2c(c1)CC(C)(C(=CC(=O)C=C(C1CCN(Cc3ccccc3)CC1)C1(C)Cc3cc(C)ccc3S1)C1CCN(Cc3ccccc3)CC1)S2. The molecule has 0 aliphatic carbocycles. The topological polar surface area (TPSA) is 23.6 Å². The van der Waals surface area contributed by atoms with Gasteiger partial charge in [0.1, 0.15) is 0 Å². The van der Waals surface area contributed by atoms with Crippen molar-refractivity contribution in [3.8, 4) is 0 Å². The maximum atomic E-state index is 14.8. The largest absolute Gasteiger partial charge is 0.299 e. The van der Waals surface area contributed by atoms with Crippen molar-refractivity contribution in [2.75, 3.05) is 26.2 Å². The highest BCUT2D eigenvalue weighted by molar-refractivity contribution is 8.01. The van der Waals surface area contributed by atoms with Gasteiger partial charge in [0.2, 0.25) is 0 Å². The molecule has 280 valence electrons. The number of likely N-dealkylation sites (tertiary alicyclic amines) is 2. The Morgan fingerprint density at radius 3 is 1.39 bits per heavy atom. The summed E-state index contributed by atoms with van der Waals surface area (Å²) in [5.41, 5.74) is 11.0. The van der Waals surface area contributed by atoms with Gasteiger partial charge >= 0.3 is 0 Å². The van der Waals surface area contributed by atoms with Crippen molar-refractivity contribution in [3.63, 3.8) is 0 Å². The zero-order valence-corrected chi connectivity index (χ0v) is 34.3. The van der Waals surface area contributed by atoms with Gasteiger partial charge in [-0.3, -0.25) is 14.6 Å². The van der Waals surface area contributed by atoms with Gasteiger partial charge in [-0.05, 0) is 162 Å². The predicted molar refractivity (Wildman–Crippen MR) is 228 cm³/mol. The first-order valence-electron chi connectivity index (χ1n) is 20.2. The van der Waals surface area contributed by atoms with Crippen LogP contribution in [0.15, 0.2) is 130 Å². The van der Waals surface area contributed by atoms with E-state index in [0.717, 1.165) is 77.8 Å². The molecule has 0 amide bonds. The fraction of sp³-hybridized carbons (Fsp3) is 0.408. The summed E-state index contributed by atoms with van der Waals surface area (Å²) >= 11 is 3.99. The number of hydrogen-bond acceptors (Lipinski definition) is 5. The molecule has 4 aliphatic rings. The minimum Gasteiger partial charge on any atom is -0.299 e. The first-order valence-corrected chi connectivity index (χ1v) is 21.8. The number of nitrogens with zero attached hydrogens (tertiary/aromatic N) is 2. The van der Waals surface area contributed by atoms with Crippen molar-refractivity contribution < 1.29 is 4.79 Å². The summed E-state index contributed by atoms with van der Waals surface area (Å²) < 4.78 is -0.261. The van der Waals surface area contributed by atoms with E-state index in [-0.39, 0.29) is 15.3 Å². The summed E-state index contributed by atoms with van der Waals surface area (Å²) in [6.45, 7) is 15.5. The van der Waals surface area contributed by atoms with Crippen LogP contribution in [-0.4, -0.2) is 51.3 Å². The Morgan fingerprint density at radius 1 is 0.611 bits per heavy atom. The fourth-order valence-corrected chi connectivity index (χ4v) is 12.6. The molecule has 2 unspecified atom stereocenters. The van der Waals surface area contributed by atoms with Crippen LogP contribution in [0.4, 0.5) is 0 Å². The highest BCUT2D eigenvalue weighted by atomic mass is 32.2. The summed E-state index contributed by atoms with van der Waals surface area (Å²) in [6.07, 6.45) is 10.6. The van der Waals surface area contributed by atoms with E-state index in [1.54, 1.807) is 0 Å². The van der Waals surface area contributed by atoms with Crippen molar-refractivity contribution >= 4 is 29.3 Å². The average molecular weight is 753 g/mol. The number of hydrogen-bond donors (Lipinski definition) is 0. The Kier molecular flexibility index (Phi) is 11.1. The number of carbonyl (C=O) groups excluding carboxylic acids is 1. The molecule has 5 heteroatoms. The number of allylic oxidation sites excluding steroid dienone is 2. The van der Waals surface area contributed by atoms with E-state index in [0.29, 0.717) is 11.8 Å². The normalized spacial score (nSPS) is 24.4. The summed E-state index contributed by atoms with van der Waals surface area (Å²) in [6, 6.07) is 35.6. The minimum atomic E-state index is -0.130. The Labute approximate surface area is 332 Å². The summed E-state index contributed by atoms with van der Waals surface area (Å²) in [5.74, 6) is 0.993. The van der Waals surface area contributed by atoms with Crippen LogP contribution in [-0.2, 0) is 30.7 Å². The van der Waals surface area contributed by atoms with Gasteiger partial charge < -0.3 is 0 Å². The van der Waals surface area contributed by atoms with Gasteiger partial charge in [-0.15, -0.1) is 23.5 Å². The third kappa shape index (κ3) is 8.40. The fourth-order valence-electron chi connectivity index (χ4n) is 9.74. The zero-order chi connectivity index (χ0) is 37.3. The molecule has 2 atom stereocenters. The molecular weight excluding hydrogens is 697 g/mol. The van der Waals surface area contributed by atoms with Crippen LogP contribution < -0.4 is 0 Å². The molecule has 8 rings (SSSR count). The van der Waals surface area contributed by atoms with Gasteiger partial charge in [0, 0.05) is 32.4 Å². The summed E-state index contributed by atoms with van der Waals surface area (Å²) in [4.78, 5) is 22.8. The van der Waals surface area contributed by atoms with Gasteiger partial charge in [0.05, 0.1) is 0 Å². The lowest BCUT2D eigenvalue weighted by atomic mass is 9.77. The van der Waals surface area contributed by atoms with Crippen molar-refractivity contribution in [1.29, 1.82) is 0 Å². The molecule has 0 N–H and O–H groups in total. The van der Waals surface area contributed by atoms with Gasteiger partial charge in [0.15, 0.2) is 5.78 Å². The quantitative estimate of drug-likeness (QED) is 0.150. The van der Waals surface area contributed by atoms with E-state index in [1.807, 2.05) is 23.5 Å². The molecular formula is C49H56N2OS2. The second kappa shape index (κ2) is 16.0. The zero-order valence-electron chi connectivity index (χ0n) is 32.7. The summed E-state index contributed by atoms with van der Waals surface area (Å²) in [7, 11) is 0. The lowest BCUT2D eigenvalue weighted by molar-refractivity contribution is -0.110. The number of ketones is 1. The third-order valence-electron chi connectivity index (χ3n) is 12.5. The number of piperidine rings is 2. The molecule has 4 aromatic rings. The Hall–Kier alpha value is -3.35. The highest BCUT2D eigenvalue weighted by Crippen LogP contribution is 2.54. The monoisotopic (exact) mass is 752 g/mol. The van der Waals surface area contributed by atoms with E-state index in [2.05, 4.69) is 147 Å². The molecule has 4 heterocycles. The van der Waals surface area contributed by atoms with Crippen LogP contribution in [0.25, 0.3) is 0 Å². The number of fused-ring (bicyclic) bond motifs is 2. The molecule has 4 aromatic carbocycles. The number of rotatable bonds is 10. The van der Waals surface area contributed by atoms with E-state index >= 15 is 0 Å². The highest BCUT2D eigenvalue weighted by Gasteiger charge is 2.43. The van der Waals surface area contributed by atoms with Crippen LogP contribution in [0.3, 0.4) is 0 Å². The van der Waals surface area contributed by atoms with Gasteiger partial charge in [-0.25, -0.2) is 0 Å². The molecule has 4 aliphatic heterocycles. The van der Waals surface area contributed by atoms with Crippen LogP contribution in [0.2, 0.25) is 0 Å². The van der Waals surface area contributed by atoms with Crippen LogP contribution >= 0.6 is 23.5 Å². The predicted octanol–water partition coefficient (Wildman–Crippen LogP) is 11.1. The molecule has 0 spiro atoms. The molecule has 0 bridgehead atoms. The molecule has 0 aromatic heterocycles. The van der Waals surface area contributed by atoms with Crippen molar-refractivity contribution in [2.45, 2.75) is 98.6 Å². The summed E-state index contributed by atoms with van der Waals surface area (Å²) in [5, 5.41) is 0. The lowest BCUT2D eigenvalue weighted by Gasteiger charge is -2.39. The molecule has 2 fully saturated rings. The first-order chi connectivity index (χ1) is 26.1. The third-order valence-corrected chi connectivity index (χ3v) is 15.4. The second-order valence-corrected chi connectivity index (χ2v) is 20.0. The smallest absolute Gasteiger partial charge is 0.178 e. The van der Waals surface area contributed by atoms with Gasteiger partial charge in [-0.2, -0.15) is 0 Å². The minimum absolute atomic E-state index is 0.130. The Balaban J connectivity index is 1.09. The van der Waals surface area contributed by atoms with Crippen molar-refractivity contribution in [2.24, 2.45) is 11.8 Å². The molecule has 2 saturated heterocycles. The van der Waals surface area contributed by atoms with Gasteiger partial charge in [-0.1, -0.05) is 96.1 Å². The molecule has 54 heavy (non-hydrogen) atoms. The maximum Gasteiger partial charge on any atom is 0.178 e. The Morgan fingerprint density at radius 2 is 1.00 bits per heavy atom. The molecule has 0 saturated carbocycles. The number of thioether (sulfide) groups is 2. The van der Waals surface area contributed by atoms with E-state index in [9.17, 15) is 4.79 Å².